The molecule has 0 amide bonds. The van der Waals surface area contributed by atoms with Crippen LogP contribution < -0.4 is 0 Å². The van der Waals surface area contributed by atoms with Gasteiger partial charge in [0.1, 0.15) is 0 Å². The Bertz CT molecular complexity index is 143. The molecule has 64 valence electrons. The summed E-state index contributed by atoms with van der Waals surface area (Å²) < 4.78 is 5.27. The summed E-state index contributed by atoms with van der Waals surface area (Å²) >= 11 is 0. The van der Waals surface area contributed by atoms with Gasteiger partial charge in [0, 0.05) is 0 Å². The van der Waals surface area contributed by atoms with Crippen LogP contribution in [-0.4, -0.2) is 13.2 Å². The molecule has 0 atom stereocenters. The van der Waals surface area contributed by atoms with Crippen molar-refractivity contribution in [1.82, 2.24) is 0 Å². The lowest BCUT2D eigenvalue weighted by Gasteiger charge is -2.19. The maximum atomic E-state index is 5.27. The lowest BCUT2D eigenvalue weighted by Crippen LogP contribution is -2.10. The average Bonchev–Trinajstić information content (AvgIpc) is 1.85. The first-order chi connectivity index (χ1) is 5.08. The van der Waals surface area contributed by atoms with Crippen LogP contribution in [0.25, 0.3) is 0 Å². The van der Waals surface area contributed by atoms with Gasteiger partial charge in [-0.3, -0.25) is 0 Å². The van der Waals surface area contributed by atoms with Crippen LogP contribution in [0.2, 0.25) is 0 Å². The molecular formula is C10H18O. The van der Waals surface area contributed by atoms with Gasteiger partial charge in [-0.1, -0.05) is 32.4 Å². The van der Waals surface area contributed by atoms with Crippen molar-refractivity contribution in [3.8, 4) is 0 Å². The van der Waals surface area contributed by atoms with Gasteiger partial charge in [-0.25, -0.2) is 0 Å². The Labute approximate surface area is 69.4 Å². The fraction of sp³-hybridized carbons (Fsp3) is 0.800. The van der Waals surface area contributed by atoms with Gasteiger partial charge < -0.3 is 4.74 Å². The maximum Gasteiger partial charge on any atom is 0.0503 e. The molecule has 1 nitrogen and oxygen atoms in total. The predicted octanol–water partition coefficient (Wildman–Crippen LogP) is 2.77. The highest BCUT2D eigenvalue weighted by Crippen LogP contribution is 2.22. The second kappa shape index (κ2) is 3.40. The van der Waals surface area contributed by atoms with Crippen LogP contribution in [0.5, 0.6) is 0 Å². The molecule has 1 aliphatic rings. The van der Waals surface area contributed by atoms with E-state index in [1.807, 2.05) is 0 Å². The Balaban J connectivity index is 2.50. The molecule has 1 aliphatic heterocycles. The number of rotatable bonds is 0. The van der Waals surface area contributed by atoms with E-state index >= 15 is 0 Å². The van der Waals surface area contributed by atoms with Crippen LogP contribution in [0, 0.1) is 5.41 Å². The van der Waals surface area contributed by atoms with Gasteiger partial charge in [-0.2, -0.15) is 0 Å². The quantitative estimate of drug-likeness (QED) is 0.487. The van der Waals surface area contributed by atoms with E-state index in [4.69, 9.17) is 4.74 Å². The molecule has 1 saturated heterocycles. The lowest BCUT2D eigenvalue weighted by atomic mass is 9.91. The van der Waals surface area contributed by atoms with E-state index in [-0.39, 0.29) is 0 Å². The van der Waals surface area contributed by atoms with Crippen LogP contribution in [0.3, 0.4) is 0 Å². The third kappa shape index (κ3) is 3.57. The first-order valence-corrected chi connectivity index (χ1v) is 4.36. The Hall–Kier alpha value is -0.300. The van der Waals surface area contributed by atoms with Gasteiger partial charge in [-0.15, -0.1) is 0 Å². The molecule has 1 rings (SSSR count). The molecule has 0 aromatic heterocycles. The SMILES string of the molecule is CC(C)(C)C=C1CCOCC1. The molecule has 0 aromatic rings. The van der Waals surface area contributed by atoms with Crippen molar-refractivity contribution in [3.05, 3.63) is 11.6 Å². The first kappa shape index (κ1) is 8.79. The molecule has 0 unspecified atom stereocenters. The zero-order chi connectivity index (χ0) is 8.32. The highest BCUT2D eigenvalue weighted by atomic mass is 16.5. The summed E-state index contributed by atoms with van der Waals surface area (Å²) in [7, 11) is 0. The monoisotopic (exact) mass is 154 g/mol. The van der Waals surface area contributed by atoms with E-state index in [1.54, 1.807) is 5.57 Å². The summed E-state index contributed by atoms with van der Waals surface area (Å²) in [6.07, 6.45) is 4.66. The zero-order valence-electron chi connectivity index (χ0n) is 7.81. The first-order valence-electron chi connectivity index (χ1n) is 4.36. The Morgan fingerprint density at radius 3 is 2.18 bits per heavy atom. The van der Waals surface area contributed by atoms with Gasteiger partial charge in [0.2, 0.25) is 0 Å². The smallest absolute Gasteiger partial charge is 0.0503 e. The minimum absolute atomic E-state index is 0.340. The summed E-state index contributed by atoms with van der Waals surface area (Å²) in [6.45, 7) is 8.57. The van der Waals surface area contributed by atoms with Gasteiger partial charge >= 0.3 is 0 Å². The van der Waals surface area contributed by atoms with E-state index in [1.165, 1.54) is 0 Å². The molecule has 0 saturated carbocycles. The fourth-order valence-electron chi connectivity index (χ4n) is 1.39. The fourth-order valence-corrected chi connectivity index (χ4v) is 1.39. The van der Waals surface area contributed by atoms with Gasteiger partial charge in [0.25, 0.3) is 0 Å². The molecule has 0 bridgehead atoms. The highest BCUT2D eigenvalue weighted by molar-refractivity contribution is 5.08. The third-order valence-electron chi connectivity index (χ3n) is 1.77. The summed E-state index contributed by atoms with van der Waals surface area (Å²) in [5.74, 6) is 0. The molecule has 0 spiro atoms. The second-order valence-electron chi connectivity index (χ2n) is 4.28. The number of ether oxygens (including phenoxy) is 1. The van der Waals surface area contributed by atoms with E-state index in [0.29, 0.717) is 5.41 Å². The molecule has 0 aliphatic carbocycles. The van der Waals surface area contributed by atoms with Crippen LogP contribution in [0.1, 0.15) is 33.6 Å². The Morgan fingerprint density at radius 1 is 1.18 bits per heavy atom. The topological polar surface area (TPSA) is 9.23 Å². The average molecular weight is 154 g/mol. The van der Waals surface area contributed by atoms with E-state index in [0.717, 1.165) is 26.1 Å². The van der Waals surface area contributed by atoms with Crippen molar-refractivity contribution < 1.29 is 4.74 Å². The molecule has 1 heteroatoms. The normalized spacial score (nSPS) is 20.1. The van der Waals surface area contributed by atoms with Crippen molar-refractivity contribution in [2.24, 2.45) is 5.41 Å². The van der Waals surface area contributed by atoms with E-state index < -0.39 is 0 Å². The van der Waals surface area contributed by atoms with Crippen LogP contribution in [-0.2, 0) is 4.74 Å². The summed E-state index contributed by atoms with van der Waals surface area (Å²) in [5.41, 5.74) is 1.91. The minimum Gasteiger partial charge on any atom is -0.381 e. The molecule has 11 heavy (non-hydrogen) atoms. The van der Waals surface area contributed by atoms with Crippen molar-refractivity contribution in [1.29, 1.82) is 0 Å². The van der Waals surface area contributed by atoms with Crippen LogP contribution >= 0.6 is 0 Å². The van der Waals surface area contributed by atoms with Gasteiger partial charge in [-0.05, 0) is 18.3 Å². The molecule has 0 radical (unpaired) electrons. The summed E-state index contributed by atoms with van der Waals surface area (Å²) in [5, 5.41) is 0. The van der Waals surface area contributed by atoms with Crippen molar-refractivity contribution in [2.75, 3.05) is 13.2 Å². The lowest BCUT2D eigenvalue weighted by molar-refractivity contribution is 0.118. The van der Waals surface area contributed by atoms with Crippen LogP contribution in [0.15, 0.2) is 11.6 Å². The third-order valence-corrected chi connectivity index (χ3v) is 1.77. The maximum absolute atomic E-state index is 5.27. The summed E-state index contributed by atoms with van der Waals surface area (Å²) in [4.78, 5) is 0. The van der Waals surface area contributed by atoms with Crippen LogP contribution in [0.4, 0.5) is 0 Å². The minimum atomic E-state index is 0.340. The van der Waals surface area contributed by atoms with Crippen molar-refractivity contribution in [3.63, 3.8) is 0 Å². The molecule has 1 heterocycles. The number of allylic oxidation sites excluding steroid dienone is 1. The zero-order valence-corrected chi connectivity index (χ0v) is 7.81. The van der Waals surface area contributed by atoms with Gasteiger partial charge in [0.05, 0.1) is 13.2 Å². The highest BCUT2D eigenvalue weighted by Gasteiger charge is 2.10. The largest absolute Gasteiger partial charge is 0.381 e. The van der Waals surface area contributed by atoms with Crippen molar-refractivity contribution >= 4 is 0 Å². The number of hydrogen-bond acceptors (Lipinski definition) is 1. The van der Waals surface area contributed by atoms with Gasteiger partial charge in [0.15, 0.2) is 0 Å². The Kier molecular flexibility index (Phi) is 2.72. The molecule has 0 aromatic carbocycles. The van der Waals surface area contributed by atoms with E-state index in [2.05, 4.69) is 26.8 Å². The number of hydrogen-bond donors (Lipinski definition) is 0. The summed E-state index contributed by atoms with van der Waals surface area (Å²) in [6, 6.07) is 0. The standard InChI is InChI=1S/C10H18O/c1-10(2,3)8-9-4-6-11-7-5-9/h8H,4-7H2,1-3H3. The molecule has 1 fully saturated rings. The predicted molar refractivity (Wildman–Crippen MR) is 47.6 cm³/mol. The van der Waals surface area contributed by atoms with E-state index in [9.17, 15) is 0 Å². The Morgan fingerprint density at radius 2 is 1.73 bits per heavy atom. The molecular weight excluding hydrogens is 136 g/mol. The van der Waals surface area contributed by atoms with Crippen molar-refractivity contribution in [2.45, 2.75) is 33.6 Å². The second-order valence-corrected chi connectivity index (χ2v) is 4.28. The molecule has 0 N–H and O–H groups in total.